The van der Waals surface area contributed by atoms with Crippen molar-refractivity contribution in [3.63, 3.8) is 0 Å². The molecular formula is C18H24N2O7S. The minimum atomic E-state index is -3.81. The zero-order valence-corrected chi connectivity index (χ0v) is 16.7. The molecule has 1 aliphatic heterocycles. The number of hydrogen-bond donors (Lipinski definition) is 1. The van der Waals surface area contributed by atoms with Crippen LogP contribution in [0.25, 0.3) is 0 Å². The fourth-order valence-electron chi connectivity index (χ4n) is 2.97. The molecular weight excluding hydrogens is 388 g/mol. The normalized spacial score (nSPS) is 22.4. The predicted octanol–water partition coefficient (Wildman–Crippen LogP) is 0.854. The van der Waals surface area contributed by atoms with E-state index in [4.69, 9.17) is 14.2 Å². The average Bonchev–Trinajstić information content (AvgIpc) is 3.43. The van der Waals surface area contributed by atoms with E-state index in [-0.39, 0.29) is 41.3 Å². The molecule has 0 unspecified atom stereocenters. The summed E-state index contributed by atoms with van der Waals surface area (Å²) in [6, 6.07) is 4.34. The molecule has 1 N–H and O–H groups in total. The molecule has 0 spiro atoms. The Bertz CT molecular complexity index is 849. The van der Waals surface area contributed by atoms with Gasteiger partial charge in [0.2, 0.25) is 10.0 Å². The van der Waals surface area contributed by atoms with Crippen LogP contribution < -0.4 is 10.1 Å². The first-order valence-electron chi connectivity index (χ1n) is 9.05. The van der Waals surface area contributed by atoms with Gasteiger partial charge in [0, 0.05) is 18.8 Å². The van der Waals surface area contributed by atoms with Crippen LogP contribution in [-0.4, -0.2) is 64.6 Å². The van der Waals surface area contributed by atoms with Crippen molar-refractivity contribution in [2.45, 2.75) is 18.2 Å². The van der Waals surface area contributed by atoms with Crippen LogP contribution in [0.4, 0.5) is 5.69 Å². The Morgan fingerprint density at radius 2 is 1.96 bits per heavy atom. The zero-order valence-electron chi connectivity index (χ0n) is 15.8. The summed E-state index contributed by atoms with van der Waals surface area (Å²) in [5.74, 6) is -0.572. The number of benzene rings is 1. The second-order valence-electron chi connectivity index (χ2n) is 6.86. The Kier molecular flexibility index (Phi) is 6.21. The van der Waals surface area contributed by atoms with Crippen LogP contribution in [0.3, 0.4) is 0 Å². The van der Waals surface area contributed by atoms with E-state index in [0.717, 1.165) is 6.42 Å². The van der Waals surface area contributed by atoms with Gasteiger partial charge in [-0.15, -0.1) is 0 Å². The summed E-state index contributed by atoms with van der Waals surface area (Å²) >= 11 is 0. The van der Waals surface area contributed by atoms with Gasteiger partial charge in [0.15, 0.2) is 6.61 Å². The summed E-state index contributed by atoms with van der Waals surface area (Å²) in [5.41, 5.74) is 0.272. The number of sulfonamides is 1. The van der Waals surface area contributed by atoms with E-state index in [1.54, 1.807) is 0 Å². The van der Waals surface area contributed by atoms with E-state index in [9.17, 15) is 18.0 Å². The van der Waals surface area contributed by atoms with Gasteiger partial charge in [-0.3, -0.25) is 9.59 Å². The molecule has 1 aromatic rings. The van der Waals surface area contributed by atoms with Gasteiger partial charge in [0.1, 0.15) is 10.6 Å². The lowest BCUT2D eigenvalue weighted by atomic mass is 10.3. The number of carbonyl (C=O) groups is 2. The molecule has 154 valence electrons. The van der Waals surface area contributed by atoms with Crippen molar-refractivity contribution < 1.29 is 32.2 Å². The minimum absolute atomic E-state index is 0.0431. The van der Waals surface area contributed by atoms with Gasteiger partial charge >= 0.3 is 5.97 Å². The van der Waals surface area contributed by atoms with Crippen molar-refractivity contribution in [2.75, 3.05) is 45.3 Å². The summed E-state index contributed by atoms with van der Waals surface area (Å²) in [4.78, 5) is 23.7. The van der Waals surface area contributed by atoms with Crippen molar-refractivity contribution in [1.82, 2.24) is 4.31 Å². The van der Waals surface area contributed by atoms with Gasteiger partial charge < -0.3 is 19.5 Å². The summed E-state index contributed by atoms with van der Waals surface area (Å²) in [6.07, 6.45) is 0.779. The van der Waals surface area contributed by atoms with Gasteiger partial charge in [-0.1, -0.05) is 6.92 Å². The number of hydrogen-bond acceptors (Lipinski definition) is 7. The van der Waals surface area contributed by atoms with Gasteiger partial charge in [-0.25, -0.2) is 8.42 Å². The highest BCUT2D eigenvalue weighted by atomic mass is 32.2. The number of esters is 1. The van der Waals surface area contributed by atoms with Crippen molar-refractivity contribution in [3.8, 4) is 5.75 Å². The lowest BCUT2D eigenvalue weighted by molar-refractivity contribution is -0.148. The van der Waals surface area contributed by atoms with E-state index in [1.165, 1.54) is 29.6 Å². The number of morpholine rings is 1. The maximum atomic E-state index is 12.9. The molecule has 1 amide bonds. The molecule has 9 nitrogen and oxygen atoms in total. The molecule has 0 bridgehead atoms. The summed E-state index contributed by atoms with van der Waals surface area (Å²) in [5, 5.41) is 2.56. The third kappa shape index (κ3) is 4.62. The largest absolute Gasteiger partial charge is 0.495 e. The number of ether oxygens (including phenoxy) is 3. The summed E-state index contributed by atoms with van der Waals surface area (Å²) in [6.45, 7) is 2.67. The van der Waals surface area contributed by atoms with Gasteiger partial charge in [-0.05, 0) is 30.5 Å². The van der Waals surface area contributed by atoms with Crippen molar-refractivity contribution >= 4 is 27.6 Å². The number of methoxy groups -OCH3 is 1. The third-order valence-corrected chi connectivity index (χ3v) is 6.71. The molecule has 2 aliphatic rings. The van der Waals surface area contributed by atoms with E-state index < -0.39 is 22.5 Å². The SMILES string of the molecule is COc1ccc(NC(=O)COC(=O)[C@H]2C[C@@H]2C)cc1S(=O)(=O)N1CCOCC1. The van der Waals surface area contributed by atoms with Crippen LogP contribution in [0.15, 0.2) is 23.1 Å². The maximum Gasteiger partial charge on any atom is 0.309 e. The Morgan fingerprint density at radius 1 is 1.29 bits per heavy atom. The molecule has 2 fully saturated rings. The first kappa shape index (κ1) is 20.6. The molecule has 2 atom stereocenters. The van der Waals surface area contributed by atoms with Crippen LogP contribution in [-0.2, 0) is 29.1 Å². The smallest absolute Gasteiger partial charge is 0.309 e. The number of amides is 1. The fraction of sp³-hybridized carbons (Fsp3) is 0.556. The summed E-state index contributed by atoms with van der Waals surface area (Å²) in [7, 11) is -2.43. The quantitative estimate of drug-likeness (QED) is 0.661. The molecule has 1 saturated carbocycles. The highest BCUT2D eigenvalue weighted by Gasteiger charge is 2.40. The Labute approximate surface area is 164 Å². The maximum absolute atomic E-state index is 12.9. The Morgan fingerprint density at radius 3 is 2.57 bits per heavy atom. The number of anilines is 1. The lowest BCUT2D eigenvalue weighted by Gasteiger charge is -2.26. The molecule has 28 heavy (non-hydrogen) atoms. The monoisotopic (exact) mass is 412 g/mol. The number of rotatable bonds is 7. The molecule has 1 saturated heterocycles. The van der Waals surface area contributed by atoms with Gasteiger partial charge in [0.05, 0.1) is 26.2 Å². The first-order chi connectivity index (χ1) is 13.3. The van der Waals surface area contributed by atoms with E-state index in [2.05, 4.69) is 5.32 Å². The van der Waals surface area contributed by atoms with Crippen LogP contribution in [0.5, 0.6) is 5.75 Å². The van der Waals surface area contributed by atoms with Crippen molar-refractivity contribution in [2.24, 2.45) is 11.8 Å². The molecule has 1 aliphatic carbocycles. The number of nitrogens with zero attached hydrogens (tertiary/aromatic N) is 1. The van der Waals surface area contributed by atoms with E-state index in [0.29, 0.717) is 19.1 Å². The molecule has 1 aromatic carbocycles. The van der Waals surface area contributed by atoms with Crippen LogP contribution in [0, 0.1) is 11.8 Å². The van der Waals surface area contributed by atoms with E-state index in [1.807, 2.05) is 6.92 Å². The molecule has 1 heterocycles. The van der Waals surface area contributed by atoms with Crippen molar-refractivity contribution in [1.29, 1.82) is 0 Å². The second-order valence-corrected chi connectivity index (χ2v) is 8.76. The molecule has 10 heteroatoms. The first-order valence-corrected chi connectivity index (χ1v) is 10.5. The second kappa shape index (κ2) is 8.46. The lowest BCUT2D eigenvalue weighted by Crippen LogP contribution is -2.40. The average molecular weight is 412 g/mol. The Hall–Kier alpha value is -2.17. The van der Waals surface area contributed by atoms with E-state index >= 15 is 0 Å². The summed E-state index contributed by atoms with van der Waals surface area (Å²) < 4.78 is 42.6. The van der Waals surface area contributed by atoms with Gasteiger partial charge in [-0.2, -0.15) is 4.31 Å². The predicted molar refractivity (Wildman–Crippen MR) is 99.4 cm³/mol. The molecule has 3 rings (SSSR count). The zero-order chi connectivity index (χ0) is 20.3. The highest BCUT2D eigenvalue weighted by Crippen LogP contribution is 2.38. The highest BCUT2D eigenvalue weighted by molar-refractivity contribution is 7.89. The van der Waals surface area contributed by atoms with Crippen molar-refractivity contribution in [3.05, 3.63) is 18.2 Å². The molecule has 0 radical (unpaired) electrons. The molecule has 0 aromatic heterocycles. The van der Waals surface area contributed by atoms with Crippen LogP contribution >= 0.6 is 0 Å². The minimum Gasteiger partial charge on any atom is -0.495 e. The Balaban J connectivity index is 1.69. The number of nitrogens with one attached hydrogen (secondary N) is 1. The standard InChI is InChI=1S/C18H24N2O7S/c1-12-9-14(12)18(22)27-11-17(21)19-13-3-4-15(25-2)16(10-13)28(23,24)20-5-7-26-8-6-20/h3-4,10,12,14H,5-9,11H2,1-2H3,(H,19,21)/t12-,14-/m0/s1. The topological polar surface area (TPSA) is 111 Å². The number of carbonyl (C=O) groups excluding carboxylic acids is 2. The fourth-order valence-corrected chi connectivity index (χ4v) is 4.56. The third-order valence-electron chi connectivity index (χ3n) is 4.79. The van der Waals surface area contributed by atoms with Crippen LogP contribution in [0.1, 0.15) is 13.3 Å². The van der Waals surface area contributed by atoms with Gasteiger partial charge in [0.25, 0.3) is 5.91 Å². The van der Waals surface area contributed by atoms with Crippen LogP contribution in [0.2, 0.25) is 0 Å².